The Balaban J connectivity index is 2.31. The second-order valence-corrected chi connectivity index (χ2v) is 5.67. The molecule has 2 N–H and O–H groups in total. The summed E-state index contributed by atoms with van der Waals surface area (Å²) >= 11 is 4.99. The molecule has 1 aromatic carbocycles. The van der Waals surface area contributed by atoms with Crippen LogP contribution in [0.5, 0.6) is 5.75 Å². The highest BCUT2D eigenvalue weighted by molar-refractivity contribution is 9.10. The number of methoxy groups -OCH3 is 1. The number of ether oxygens (including phenoxy) is 1. The van der Waals surface area contributed by atoms with Crippen LogP contribution in [-0.4, -0.2) is 17.3 Å². The second kappa shape index (κ2) is 5.77. The first-order valence-electron chi connectivity index (χ1n) is 5.58. The van der Waals surface area contributed by atoms with E-state index in [1.54, 1.807) is 7.11 Å². The minimum absolute atomic E-state index is 0.0297. The summed E-state index contributed by atoms with van der Waals surface area (Å²) in [5, 5.41) is 10.1. The molecule has 18 heavy (non-hydrogen) atoms. The summed E-state index contributed by atoms with van der Waals surface area (Å²) < 4.78 is 6.10. The van der Waals surface area contributed by atoms with Gasteiger partial charge in [-0.25, -0.2) is 0 Å². The first kappa shape index (κ1) is 13.5. The highest BCUT2D eigenvalue weighted by Crippen LogP contribution is 2.32. The van der Waals surface area contributed by atoms with E-state index in [9.17, 15) is 0 Å². The summed E-state index contributed by atoms with van der Waals surface area (Å²) in [7, 11) is 1.64. The topological polar surface area (TPSA) is 61.0 Å². The first-order valence-corrected chi connectivity index (χ1v) is 7.19. The van der Waals surface area contributed by atoms with Crippen LogP contribution in [0.2, 0.25) is 0 Å². The molecule has 0 aliphatic rings. The molecule has 0 bridgehead atoms. The van der Waals surface area contributed by atoms with Crippen molar-refractivity contribution in [3.63, 3.8) is 0 Å². The predicted octanol–water partition coefficient (Wildman–Crippen LogP) is 3.39. The molecular formula is C12H14BrN3OS. The van der Waals surface area contributed by atoms with Crippen LogP contribution in [0.25, 0.3) is 10.6 Å². The molecule has 1 atom stereocenters. The van der Waals surface area contributed by atoms with Crippen LogP contribution < -0.4 is 10.5 Å². The van der Waals surface area contributed by atoms with Gasteiger partial charge in [0.25, 0.3) is 0 Å². The maximum atomic E-state index is 5.94. The van der Waals surface area contributed by atoms with Crippen molar-refractivity contribution in [2.45, 2.75) is 19.4 Å². The van der Waals surface area contributed by atoms with Gasteiger partial charge in [-0.1, -0.05) is 18.3 Å². The zero-order valence-corrected chi connectivity index (χ0v) is 12.6. The SMILES string of the molecule is CCC(N)c1nnc(-c2ccc(OC)c(Br)c2)s1. The minimum atomic E-state index is -0.0297. The van der Waals surface area contributed by atoms with Gasteiger partial charge in [-0.05, 0) is 40.5 Å². The van der Waals surface area contributed by atoms with Gasteiger partial charge in [0.1, 0.15) is 15.8 Å². The summed E-state index contributed by atoms with van der Waals surface area (Å²) in [5.74, 6) is 0.800. The number of hydrogen-bond donors (Lipinski definition) is 1. The van der Waals surface area contributed by atoms with E-state index < -0.39 is 0 Å². The van der Waals surface area contributed by atoms with E-state index in [1.165, 1.54) is 11.3 Å². The van der Waals surface area contributed by atoms with Crippen LogP contribution in [0.1, 0.15) is 24.4 Å². The molecular weight excluding hydrogens is 314 g/mol. The van der Waals surface area contributed by atoms with Gasteiger partial charge in [-0.2, -0.15) is 0 Å². The fraction of sp³-hybridized carbons (Fsp3) is 0.333. The van der Waals surface area contributed by atoms with E-state index in [4.69, 9.17) is 10.5 Å². The van der Waals surface area contributed by atoms with Crippen molar-refractivity contribution < 1.29 is 4.74 Å². The van der Waals surface area contributed by atoms with E-state index in [1.807, 2.05) is 25.1 Å². The summed E-state index contributed by atoms with van der Waals surface area (Å²) in [6.07, 6.45) is 0.862. The number of halogens is 1. The fourth-order valence-corrected chi connectivity index (χ4v) is 2.94. The molecule has 0 spiro atoms. The van der Waals surface area contributed by atoms with Gasteiger partial charge in [0.15, 0.2) is 0 Å². The maximum Gasteiger partial charge on any atom is 0.147 e. The Labute approximate surface area is 118 Å². The van der Waals surface area contributed by atoms with Gasteiger partial charge in [0.2, 0.25) is 0 Å². The Bertz CT molecular complexity index is 544. The van der Waals surface area contributed by atoms with Gasteiger partial charge in [0.05, 0.1) is 17.6 Å². The maximum absolute atomic E-state index is 5.94. The Kier molecular flexibility index (Phi) is 4.31. The summed E-state index contributed by atoms with van der Waals surface area (Å²) in [6.45, 7) is 2.04. The number of aromatic nitrogens is 2. The molecule has 0 saturated carbocycles. The molecule has 4 nitrogen and oxygen atoms in total. The Hall–Kier alpha value is -0.980. The Morgan fingerprint density at radius 2 is 2.22 bits per heavy atom. The molecule has 6 heteroatoms. The lowest BCUT2D eigenvalue weighted by Crippen LogP contribution is -2.07. The fourth-order valence-electron chi connectivity index (χ4n) is 1.48. The zero-order valence-electron chi connectivity index (χ0n) is 10.2. The highest BCUT2D eigenvalue weighted by atomic mass is 79.9. The molecule has 1 heterocycles. The van der Waals surface area contributed by atoms with Crippen molar-refractivity contribution in [1.29, 1.82) is 0 Å². The smallest absolute Gasteiger partial charge is 0.147 e. The van der Waals surface area contributed by atoms with Crippen LogP contribution in [-0.2, 0) is 0 Å². The number of nitrogens with zero attached hydrogens (tertiary/aromatic N) is 2. The van der Waals surface area contributed by atoms with Crippen molar-refractivity contribution in [2.75, 3.05) is 7.11 Å². The summed E-state index contributed by atoms with van der Waals surface area (Å²) in [4.78, 5) is 0. The van der Waals surface area contributed by atoms with Crippen molar-refractivity contribution in [3.05, 3.63) is 27.7 Å². The lowest BCUT2D eigenvalue weighted by Gasteiger charge is -2.04. The molecule has 0 fully saturated rings. The van der Waals surface area contributed by atoms with Gasteiger partial charge in [-0.3, -0.25) is 0 Å². The number of nitrogens with two attached hydrogens (primary N) is 1. The first-order chi connectivity index (χ1) is 8.65. The third kappa shape index (κ3) is 2.71. The van der Waals surface area contributed by atoms with E-state index >= 15 is 0 Å². The Morgan fingerprint density at radius 1 is 1.44 bits per heavy atom. The highest BCUT2D eigenvalue weighted by Gasteiger charge is 2.12. The van der Waals surface area contributed by atoms with Crippen molar-refractivity contribution in [1.82, 2.24) is 10.2 Å². The molecule has 2 aromatic rings. The lowest BCUT2D eigenvalue weighted by atomic mass is 10.2. The van der Waals surface area contributed by atoms with Crippen molar-refractivity contribution in [2.24, 2.45) is 5.73 Å². The van der Waals surface area contributed by atoms with E-state index in [0.717, 1.165) is 32.2 Å². The quantitative estimate of drug-likeness (QED) is 0.935. The van der Waals surface area contributed by atoms with E-state index in [-0.39, 0.29) is 6.04 Å². The van der Waals surface area contributed by atoms with Crippen LogP contribution in [0.15, 0.2) is 22.7 Å². The predicted molar refractivity (Wildman–Crippen MR) is 76.8 cm³/mol. The Morgan fingerprint density at radius 3 is 2.83 bits per heavy atom. The van der Waals surface area contributed by atoms with Gasteiger partial charge in [0, 0.05) is 5.56 Å². The molecule has 0 radical (unpaired) electrons. The standard InChI is InChI=1S/C12H14BrN3OS/c1-3-9(14)12-16-15-11(18-12)7-4-5-10(17-2)8(13)6-7/h4-6,9H,3,14H2,1-2H3. The normalized spacial score (nSPS) is 12.4. The third-order valence-electron chi connectivity index (χ3n) is 2.60. The lowest BCUT2D eigenvalue weighted by molar-refractivity contribution is 0.412. The van der Waals surface area contributed by atoms with Crippen LogP contribution in [0, 0.1) is 0 Å². The molecule has 2 rings (SSSR count). The minimum Gasteiger partial charge on any atom is -0.496 e. The molecule has 0 saturated heterocycles. The molecule has 1 unspecified atom stereocenters. The summed E-state index contributed by atoms with van der Waals surface area (Å²) in [5.41, 5.74) is 6.95. The average Bonchev–Trinajstić information content (AvgIpc) is 2.87. The number of hydrogen-bond acceptors (Lipinski definition) is 5. The molecule has 96 valence electrons. The van der Waals surface area contributed by atoms with E-state index in [2.05, 4.69) is 26.1 Å². The van der Waals surface area contributed by atoms with E-state index in [0.29, 0.717) is 0 Å². The molecule has 0 aliphatic heterocycles. The average molecular weight is 328 g/mol. The van der Waals surface area contributed by atoms with Crippen LogP contribution in [0.3, 0.4) is 0 Å². The zero-order chi connectivity index (χ0) is 13.1. The molecule has 0 aliphatic carbocycles. The van der Waals surface area contributed by atoms with Gasteiger partial charge in [-0.15, -0.1) is 10.2 Å². The molecule has 1 aromatic heterocycles. The van der Waals surface area contributed by atoms with Crippen LogP contribution in [0.4, 0.5) is 0 Å². The second-order valence-electron chi connectivity index (χ2n) is 3.81. The summed E-state index contributed by atoms with van der Waals surface area (Å²) in [6, 6.07) is 5.81. The third-order valence-corrected chi connectivity index (χ3v) is 4.32. The largest absolute Gasteiger partial charge is 0.496 e. The monoisotopic (exact) mass is 327 g/mol. The van der Waals surface area contributed by atoms with Crippen LogP contribution >= 0.6 is 27.3 Å². The molecule has 0 amide bonds. The van der Waals surface area contributed by atoms with Crippen molar-refractivity contribution >= 4 is 27.3 Å². The van der Waals surface area contributed by atoms with Gasteiger partial charge >= 0.3 is 0 Å². The van der Waals surface area contributed by atoms with Crippen molar-refractivity contribution in [3.8, 4) is 16.3 Å². The number of benzene rings is 1. The van der Waals surface area contributed by atoms with Gasteiger partial charge < -0.3 is 10.5 Å². The number of rotatable bonds is 4.